The molecule has 2 aromatic rings. The van der Waals surface area contributed by atoms with Crippen LogP contribution in [0.4, 0.5) is 18.9 Å². The summed E-state index contributed by atoms with van der Waals surface area (Å²) >= 11 is 3.22. The third kappa shape index (κ3) is 3.57. The Labute approximate surface area is 114 Å². The molecule has 1 aromatic carbocycles. The number of nitrogens with zero attached hydrogens (tertiary/aromatic N) is 2. The lowest BCUT2D eigenvalue weighted by molar-refractivity contribution is -0.141. The third-order valence-corrected chi connectivity index (χ3v) is 2.50. The van der Waals surface area contributed by atoms with Crippen LogP contribution >= 0.6 is 15.9 Å². The maximum Gasteiger partial charge on any atom is 0.435 e. The summed E-state index contributed by atoms with van der Waals surface area (Å²) < 4.78 is 42.8. The number of alkyl halides is 3. The normalized spacial score (nSPS) is 11.4. The topological polar surface area (TPSA) is 61.0 Å². The molecule has 0 aliphatic carbocycles. The zero-order chi connectivity index (χ0) is 14.0. The van der Waals surface area contributed by atoms with Gasteiger partial charge < -0.3 is 10.5 Å². The fraction of sp³-hybridized carbons (Fsp3) is 0.0909. The molecule has 0 saturated heterocycles. The molecule has 2 N–H and O–H groups in total. The fourth-order valence-electron chi connectivity index (χ4n) is 1.29. The van der Waals surface area contributed by atoms with Gasteiger partial charge in [-0.1, -0.05) is 15.9 Å². The standard InChI is InChI=1S/C11H7BrF3N3O/c12-6-3-7(16)5-8(4-6)19-10-2-1-9(17-18-10)11(13,14)15/h1-5H,16H2. The van der Waals surface area contributed by atoms with Gasteiger partial charge in [0.1, 0.15) is 5.75 Å². The van der Waals surface area contributed by atoms with E-state index in [0.717, 1.165) is 12.1 Å². The van der Waals surface area contributed by atoms with Crippen molar-refractivity contribution >= 4 is 21.6 Å². The Kier molecular flexibility index (Phi) is 3.61. The average Bonchev–Trinajstić information content (AvgIpc) is 2.26. The molecule has 0 fully saturated rings. The zero-order valence-electron chi connectivity index (χ0n) is 9.28. The molecule has 1 aromatic heterocycles. The summed E-state index contributed by atoms with van der Waals surface area (Å²) in [5, 5.41) is 6.40. The molecule has 0 bridgehead atoms. The van der Waals surface area contributed by atoms with E-state index in [-0.39, 0.29) is 5.88 Å². The van der Waals surface area contributed by atoms with Crippen LogP contribution in [0.15, 0.2) is 34.8 Å². The summed E-state index contributed by atoms with van der Waals surface area (Å²) in [4.78, 5) is 0. The van der Waals surface area contributed by atoms with Crippen LogP contribution in [0, 0.1) is 0 Å². The van der Waals surface area contributed by atoms with E-state index in [1.54, 1.807) is 12.1 Å². The van der Waals surface area contributed by atoms with Gasteiger partial charge in [-0.05, 0) is 18.2 Å². The van der Waals surface area contributed by atoms with Crippen molar-refractivity contribution in [3.05, 3.63) is 40.5 Å². The van der Waals surface area contributed by atoms with Gasteiger partial charge in [0.2, 0.25) is 5.88 Å². The Morgan fingerprint density at radius 2 is 1.84 bits per heavy atom. The Balaban J connectivity index is 2.20. The van der Waals surface area contributed by atoms with Gasteiger partial charge in [0.15, 0.2) is 5.69 Å². The monoisotopic (exact) mass is 333 g/mol. The van der Waals surface area contributed by atoms with Crippen molar-refractivity contribution in [3.8, 4) is 11.6 Å². The highest BCUT2D eigenvalue weighted by molar-refractivity contribution is 9.10. The molecular formula is C11H7BrF3N3O. The number of anilines is 1. The van der Waals surface area contributed by atoms with Crippen LogP contribution in [-0.4, -0.2) is 10.2 Å². The highest BCUT2D eigenvalue weighted by atomic mass is 79.9. The predicted molar refractivity (Wildman–Crippen MR) is 65.7 cm³/mol. The van der Waals surface area contributed by atoms with Crippen molar-refractivity contribution in [1.82, 2.24) is 10.2 Å². The smallest absolute Gasteiger partial charge is 0.435 e. The Morgan fingerprint density at radius 1 is 1.11 bits per heavy atom. The number of hydrogen-bond acceptors (Lipinski definition) is 4. The number of halogens is 4. The van der Waals surface area contributed by atoms with Gasteiger partial charge in [0.05, 0.1) is 0 Å². The van der Waals surface area contributed by atoms with E-state index in [1.807, 2.05) is 0 Å². The molecule has 8 heteroatoms. The lowest BCUT2D eigenvalue weighted by Gasteiger charge is -2.07. The van der Waals surface area contributed by atoms with E-state index in [2.05, 4.69) is 26.1 Å². The van der Waals surface area contributed by atoms with E-state index in [1.165, 1.54) is 6.07 Å². The van der Waals surface area contributed by atoms with Crippen LogP contribution in [0.3, 0.4) is 0 Å². The second-order valence-corrected chi connectivity index (χ2v) is 4.49. The number of nitrogen functional groups attached to an aromatic ring is 1. The lowest BCUT2D eigenvalue weighted by atomic mass is 10.3. The SMILES string of the molecule is Nc1cc(Br)cc(Oc2ccc(C(F)(F)F)nn2)c1. The van der Waals surface area contributed by atoms with Crippen molar-refractivity contribution in [1.29, 1.82) is 0 Å². The van der Waals surface area contributed by atoms with Gasteiger partial charge in [-0.25, -0.2) is 0 Å². The minimum atomic E-state index is -4.52. The van der Waals surface area contributed by atoms with E-state index in [4.69, 9.17) is 10.5 Å². The number of nitrogens with two attached hydrogens (primary N) is 1. The van der Waals surface area contributed by atoms with Crippen LogP contribution in [0.2, 0.25) is 0 Å². The van der Waals surface area contributed by atoms with Crippen LogP contribution in [0.25, 0.3) is 0 Å². The quantitative estimate of drug-likeness (QED) is 0.852. The molecule has 0 amide bonds. The van der Waals surface area contributed by atoms with E-state index < -0.39 is 11.9 Å². The molecule has 2 rings (SSSR count). The van der Waals surface area contributed by atoms with Crippen molar-refractivity contribution in [2.75, 3.05) is 5.73 Å². The highest BCUT2D eigenvalue weighted by Crippen LogP contribution is 2.29. The largest absolute Gasteiger partial charge is 0.437 e. The van der Waals surface area contributed by atoms with E-state index in [9.17, 15) is 13.2 Å². The van der Waals surface area contributed by atoms with Gasteiger partial charge in [-0.3, -0.25) is 0 Å². The predicted octanol–water partition coefficient (Wildman–Crippen LogP) is 3.63. The first kappa shape index (κ1) is 13.6. The molecule has 0 spiro atoms. The van der Waals surface area contributed by atoms with Crippen LogP contribution < -0.4 is 10.5 Å². The molecular weight excluding hydrogens is 327 g/mol. The van der Waals surface area contributed by atoms with Crippen molar-refractivity contribution in [2.24, 2.45) is 0 Å². The van der Waals surface area contributed by atoms with Crippen LogP contribution in [0.5, 0.6) is 11.6 Å². The molecule has 100 valence electrons. The summed E-state index contributed by atoms with van der Waals surface area (Å²) in [6.07, 6.45) is -4.52. The number of rotatable bonds is 2. The first-order valence-corrected chi connectivity index (χ1v) is 5.79. The van der Waals surface area contributed by atoms with Gasteiger partial charge >= 0.3 is 6.18 Å². The Bertz CT molecular complexity index is 566. The second kappa shape index (κ2) is 5.04. The van der Waals surface area contributed by atoms with Crippen LogP contribution in [-0.2, 0) is 6.18 Å². The molecule has 4 nitrogen and oxygen atoms in total. The molecule has 0 radical (unpaired) electrons. The summed E-state index contributed by atoms with van der Waals surface area (Å²) in [5.41, 5.74) is 4.97. The van der Waals surface area contributed by atoms with Gasteiger partial charge in [-0.15, -0.1) is 10.2 Å². The summed E-state index contributed by atoms with van der Waals surface area (Å²) in [5.74, 6) is 0.298. The van der Waals surface area contributed by atoms with Gasteiger partial charge in [0, 0.05) is 22.3 Å². The Hall–Kier alpha value is -1.83. The number of aromatic nitrogens is 2. The highest BCUT2D eigenvalue weighted by Gasteiger charge is 2.32. The molecule has 1 heterocycles. The van der Waals surface area contributed by atoms with Crippen molar-refractivity contribution < 1.29 is 17.9 Å². The van der Waals surface area contributed by atoms with E-state index in [0.29, 0.717) is 15.9 Å². The summed E-state index contributed by atoms with van der Waals surface area (Å²) in [7, 11) is 0. The first-order valence-electron chi connectivity index (χ1n) is 4.99. The maximum absolute atomic E-state index is 12.3. The first-order chi connectivity index (χ1) is 8.84. The van der Waals surface area contributed by atoms with Crippen molar-refractivity contribution in [2.45, 2.75) is 6.18 Å². The fourth-order valence-corrected chi connectivity index (χ4v) is 1.78. The van der Waals surface area contributed by atoms with Crippen LogP contribution in [0.1, 0.15) is 5.69 Å². The Morgan fingerprint density at radius 3 is 2.37 bits per heavy atom. The van der Waals surface area contributed by atoms with Crippen molar-refractivity contribution in [3.63, 3.8) is 0 Å². The molecule has 0 atom stereocenters. The molecule has 0 aliphatic heterocycles. The summed E-state index contributed by atoms with van der Waals surface area (Å²) in [6, 6.07) is 6.67. The minimum Gasteiger partial charge on any atom is -0.437 e. The number of ether oxygens (including phenoxy) is 1. The number of hydrogen-bond donors (Lipinski definition) is 1. The van der Waals surface area contributed by atoms with Gasteiger partial charge in [0.25, 0.3) is 0 Å². The second-order valence-electron chi connectivity index (χ2n) is 3.58. The molecule has 0 unspecified atom stereocenters. The number of benzene rings is 1. The van der Waals surface area contributed by atoms with Gasteiger partial charge in [-0.2, -0.15) is 13.2 Å². The molecule has 0 saturated carbocycles. The summed E-state index contributed by atoms with van der Waals surface area (Å²) in [6.45, 7) is 0. The van der Waals surface area contributed by atoms with E-state index >= 15 is 0 Å². The average molecular weight is 334 g/mol. The maximum atomic E-state index is 12.3. The third-order valence-electron chi connectivity index (χ3n) is 2.05. The zero-order valence-corrected chi connectivity index (χ0v) is 10.9. The lowest BCUT2D eigenvalue weighted by Crippen LogP contribution is -2.08. The molecule has 19 heavy (non-hydrogen) atoms. The minimum absolute atomic E-state index is 0.0505. The molecule has 0 aliphatic rings.